The fourth-order valence-electron chi connectivity index (χ4n) is 2.32. The van der Waals surface area contributed by atoms with E-state index in [-0.39, 0.29) is 0 Å². The van der Waals surface area contributed by atoms with E-state index in [2.05, 4.69) is 21.0 Å². The largest absolute Gasteiger partial charge is 0.486 e. The van der Waals surface area contributed by atoms with Crippen LogP contribution >= 0.6 is 11.8 Å². The highest BCUT2D eigenvalue weighted by Crippen LogP contribution is 2.34. The lowest BCUT2D eigenvalue weighted by Gasteiger charge is -2.17. The van der Waals surface area contributed by atoms with E-state index < -0.39 is 0 Å². The Bertz CT molecular complexity index is 771. The molecule has 0 unspecified atom stereocenters. The molecule has 1 N–H and O–H groups in total. The minimum atomic E-state index is 0.587. The van der Waals surface area contributed by atoms with Crippen LogP contribution in [0, 0.1) is 6.92 Å². The van der Waals surface area contributed by atoms with Crippen LogP contribution < -0.4 is 9.47 Å². The Morgan fingerprint density at radius 2 is 2.00 bits per heavy atom. The number of aryl methyl sites for hydroxylation is 1. The van der Waals surface area contributed by atoms with Crippen LogP contribution in [0.4, 0.5) is 0 Å². The number of imidazole rings is 1. The number of H-pyrrole nitrogens is 1. The first-order valence-electron chi connectivity index (χ1n) is 7.12. The minimum Gasteiger partial charge on any atom is -0.486 e. The molecular formula is C16H15N3O2S. The Labute approximate surface area is 132 Å². The van der Waals surface area contributed by atoms with E-state index in [1.807, 2.05) is 31.3 Å². The Morgan fingerprint density at radius 1 is 1.18 bits per heavy atom. The van der Waals surface area contributed by atoms with E-state index in [4.69, 9.17) is 9.47 Å². The normalized spacial score (nSPS) is 13.5. The molecule has 4 rings (SSSR count). The summed E-state index contributed by atoms with van der Waals surface area (Å²) in [5.41, 5.74) is 4.07. The van der Waals surface area contributed by atoms with Crippen molar-refractivity contribution in [2.75, 3.05) is 13.2 Å². The second-order valence-corrected chi connectivity index (χ2v) is 6.13. The van der Waals surface area contributed by atoms with Gasteiger partial charge in [0.1, 0.15) is 13.2 Å². The van der Waals surface area contributed by atoms with Gasteiger partial charge in [-0.3, -0.25) is 4.98 Å². The predicted molar refractivity (Wildman–Crippen MR) is 85.6 cm³/mol. The molecule has 1 aliphatic heterocycles. The number of rotatable bonds is 3. The average Bonchev–Trinajstić information content (AvgIpc) is 2.93. The third-order valence-corrected chi connectivity index (χ3v) is 4.36. The summed E-state index contributed by atoms with van der Waals surface area (Å²) in [6, 6.07) is 8.00. The number of aromatic amines is 1. The second kappa shape index (κ2) is 5.53. The lowest BCUT2D eigenvalue weighted by atomic mass is 10.2. The number of hydrogen-bond acceptors (Lipinski definition) is 5. The molecule has 3 aromatic rings. The van der Waals surface area contributed by atoms with Crippen molar-refractivity contribution in [2.45, 2.75) is 17.8 Å². The number of thioether (sulfide) groups is 1. The van der Waals surface area contributed by atoms with Gasteiger partial charge in [-0.15, -0.1) is 0 Å². The van der Waals surface area contributed by atoms with E-state index in [1.54, 1.807) is 11.8 Å². The Morgan fingerprint density at radius 3 is 2.77 bits per heavy atom. The van der Waals surface area contributed by atoms with Gasteiger partial charge in [-0.25, -0.2) is 4.98 Å². The Balaban J connectivity index is 1.56. The van der Waals surface area contributed by atoms with Crippen LogP contribution in [-0.2, 0) is 5.75 Å². The molecule has 0 spiro atoms. The maximum atomic E-state index is 5.59. The number of hydrogen-bond donors (Lipinski definition) is 1. The molecule has 0 amide bonds. The van der Waals surface area contributed by atoms with Crippen molar-refractivity contribution in [3.63, 3.8) is 0 Å². The number of fused-ring (bicyclic) bond motifs is 2. The summed E-state index contributed by atoms with van der Waals surface area (Å²) in [4.78, 5) is 12.3. The molecular weight excluding hydrogens is 298 g/mol. The zero-order valence-electron chi connectivity index (χ0n) is 12.1. The quantitative estimate of drug-likeness (QED) is 0.752. The van der Waals surface area contributed by atoms with Crippen molar-refractivity contribution >= 4 is 22.8 Å². The van der Waals surface area contributed by atoms with Crippen LogP contribution in [0.1, 0.15) is 11.3 Å². The predicted octanol–water partition coefficient (Wildman–Crippen LogP) is 3.33. The molecule has 1 aliphatic rings. The van der Waals surface area contributed by atoms with E-state index in [0.717, 1.165) is 39.1 Å². The number of ether oxygens (including phenoxy) is 2. The molecule has 6 heteroatoms. The maximum absolute atomic E-state index is 5.59. The zero-order valence-corrected chi connectivity index (χ0v) is 12.9. The van der Waals surface area contributed by atoms with Crippen LogP contribution in [0.25, 0.3) is 11.0 Å². The van der Waals surface area contributed by atoms with E-state index >= 15 is 0 Å². The van der Waals surface area contributed by atoms with Crippen molar-refractivity contribution in [2.24, 2.45) is 0 Å². The van der Waals surface area contributed by atoms with Crippen LogP contribution in [0.5, 0.6) is 11.5 Å². The van der Waals surface area contributed by atoms with Crippen LogP contribution in [0.2, 0.25) is 0 Å². The third-order valence-electron chi connectivity index (χ3n) is 3.45. The van der Waals surface area contributed by atoms with Gasteiger partial charge in [-0.05, 0) is 18.6 Å². The number of benzene rings is 1. The third kappa shape index (κ3) is 2.62. The van der Waals surface area contributed by atoms with Gasteiger partial charge in [0.05, 0.1) is 16.7 Å². The monoisotopic (exact) mass is 313 g/mol. The van der Waals surface area contributed by atoms with Crippen LogP contribution in [0.15, 0.2) is 35.6 Å². The number of nitrogens with zero attached hydrogens (tertiary/aromatic N) is 2. The smallest absolute Gasteiger partial charge is 0.166 e. The second-order valence-electron chi connectivity index (χ2n) is 5.17. The molecule has 112 valence electrons. The van der Waals surface area contributed by atoms with Crippen molar-refractivity contribution < 1.29 is 9.47 Å². The molecule has 0 bridgehead atoms. The highest BCUT2D eigenvalue weighted by Gasteiger charge is 2.15. The first-order chi connectivity index (χ1) is 10.8. The molecule has 0 saturated carbocycles. The van der Waals surface area contributed by atoms with Crippen molar-refractivity contribution in [3.8, 4) is 11.5 Å². The van der Waals surface area contributed by atoms with E-state index in [9.17, 15) is 0 Å². The van der Waals surface area contributed by atoms with Gasteiger partial charge in [0.2, 0.25) is 0 Å². The number of aromatic nitrogens is 3. The maximum Gasteiger partial charge on any atom is 0.166 e. The minimum absolute atomic E-state index is 0.587. The Hall–Kier alpha value is -2.21. The van der Waals surface area contributed by atoms with Crippen molar-refractivity contribution in [3.05, 3.63) is 41.7 Å². The van der Waals surface area contributed by atoms with E-state index in [1.165, 1.54) is 5.56 Å². The van der Waals surface area contributed by atoms with Gasteiger partial charge < -0.3 is 14.5 Å². The molecule has 22 heavy (non-hydrogen) atoms. The molecule has 0 radical (unpaired) electrons. The number of pyridine rings is 1. The summed E-state index contributed by atoms with van der Waals surface area (Å²) in [5, 5.41) is 0.875. The molecule has 3 heterocycles. The molecule has 1 aromatic carbocycles. The van der Waals surface area contributed by atoms with Crippen molar-refractivity contribution in [1.29, 1.82) is 0 Å². The van der Waals surface area contributed by atoms with Crippen LogP contribution in [-0.4, -0.2) is 28.2 Å². The molecule has 0 atom stereocenters. The molecule has 0 saturated heterocycles. The van der Waals surface area contributed by atoms with Crippen molar-refractivity contribution in [1.82, 2.24) is 15.0 Å². The topological polar surface area (TPSA) is 60.0 Å². The highest BCUT2D eigenvalue weighted by molar-refractivity contribution is 7.98. The van der Waals surface area contributed by atoms with Gasteiger partial charge in [0, 0.05) is 24.1 Å². The first-order valence-corrected chi connectivity index (χ1v) is 8.10. The summed E-state index contributed by atoms with van der Waals surface area (Å²) in [7, 11) is 0. The summed E-state index contributed by atoms with van der Waals surface area (Å²) >= 11 is 1.64. The van der Waals surface area contributed by atoms with Gasteiger partial charge in [0.15, 0.2) is 16.7 Å². The fraction of sp³-hybridized carbons (Fsp3) is 0.250. The van der Waals surface area contributed by atoms with Gasteiger partial charge in [-0.2, -0.15) is 0 Å². The average molecular weight is 313 g/mol. The highest BCUT2D eigenvalue weighted by atomic mass is 32.2. The first kappa shape index (κ1) is 13.5. The van der Waals surface area contributed by atoms with E-state index in [0.29, 0.717) is 13.2 Å². The van der Waals surface area contributed by atoms with Gasteiger partial charge >= 0.3 is 0 Å². The Kier molecular flexibility index (Phi) is 3.38. The lowest BCUT2D eigenvalue weighted by Crippen LogP contribution is -2.15. The molecule has 2 aromatic heterocycles. The lowest BCUT2D eigenvalue weighted by molar-refractivity contribution is 0.172. The fourth-order valence-corrected chi connectivity index (χ4v) is 3.12. The molecule has 0 aliphatic carbocycles. The zero-order chi connectivity index (χ0) is 14.9. The van der Waals surface area contributed by atoms with Gasteiger partial charge in [-0.1, -0.05) is 17.8 Å². The number of nitrogens with one attached hydrogen (secondary N) is 1. The SMILES string of the molecule is Cc1ccc(CSc2nc3cc4c(cc3[nH]2)OCCO4)nc1. The summed E-state index contributed by atoms with van der Waals surface area (Å²) in [6.07, 6.45) is 1.89. The molecule has 0 fully saturated rings. The van der Waals surface area contributed by atoms with Crippen LogP contribution in [0.3, 0.4) is 0 Å². The summed E-state index contributed by atoms with van der Waals surface area (Å²) < 4.78 is 11.2. The molecule has 5 nitrogen and oxygen atoms in total. The van der Waals surface area contributed by atoms with Gasteiger partial charge in [0.25, 0.3) is 0 Å². The standard InChI is InChI=1S/C16H15N3O2S/c1-10-2-3-11(17-8-10)9-22-16-18-12-6-14-15(7-13(12)19-16)21-5-4-20-14/h2-3,6-8H,4-5,9H2,1H3,(H,18,19). The summed E-state index contributed by atoms with van der Waals surface area (Å²) in [5.74, 6) is 2.33. The summed E-state index contributed by atoms with van der Waals surface area (Å²) in [6.45, 7) is 3.21.